The Hall–Kier alpha value is -1.88. The summed E-state index contributed by atoms with van der Waals surface area (Å²) < 4.78 is 0. The third kappa shape index (κ3) is 4.10. The molecule has 0 unspecified atom stereocenters. The van der Waals surface area contributed by atoms with Crippen molar-refractivity contribution in [3.63, 3.8) is 0 Å². The van der Waals surface area contributed by atoms with Crippen molar-refractivity contribution >= 4 is 28.6 Å². The smallest absolute Gasteiger partial charge is 0.224 e. The first-order valence-electron chi connectivity index (χ1n) is 8.16. The summed E-state index contributed by atoms with van der Waals surface area (Å²) in [6, 6.07) is 7.89. The number of hydrogen-bond acceptors (Lipinski definition) is 4. The number of rotatable bonds is 5. The van der Waals surface area contributed by atoms with Gasteiger partial charge in [-0.15, -0.1) is 11.3 Å². The van der Waals surface area contributed by atoms with Crippen molar-refractivity contribution in [2.75, 3.05) is 24.3 Å². The zero-order valence-corrected chi connectivity index (χ0v) is 14.6. The number of amides is 1. The normalized spacial score (nSPS) is 13.5. The number of anilines is 2. The van der Waals surface area contributed by atoms with Crippen molar-refractivity contribution in [1.29, 1.82) is 0 Å². The van der Waals surface area contributed by atoms with Crippen LogP contribution in [0.2, 0.25) is 0 Å². The molecule has 1 aliphatic rings. The van der Waals surface area contributed by atoms with E-state index < -0.39 is 0 Å². The molecule has 4 nitrogen and oxygen atoms in total. The number of thiazole rings is 1. The maximum absolute atomic E-state index is 12.1. The lowest BCUT2D eigenvalue weighted by Crippen LogP contribution is -2.13. The van der Waals surface area contributed by atoms with Crippen molar-refractivity contribution in [1.82, 2.24) is 4.98 Å². The summed E-state index contributed by atoms with van der Waals surface area (Å²) in [5, 5.41) is 4.07. The van der Waals surface area contributed by atoms with Crippen LogP contribution in [0.4, 0.5) is 11.4 Å². The molecule has 1 N–H and O–H groups in total. The number of hydrogen-bond donors (Lipinski definition) is 1. The molecule has 0 atom stereocenters. The highest BCUT2D eigenvalue weighted by Gasteiger charge is 2.15. The highest BCUT2D eigenvalue weighted by Crippen LogP contribution is 2.27. The van der Waals surface area contributed by atoms with Gasteiger partial charge in [-0.05, 0) is 49.9 Å². The number of fused-ring (bicyclic) bond motifs is 1. The van der Waals surface area contributed by atoms with Gasteiger partial charge in [-0.25, -0.2) is 4.98 Å². The third-order valence-corrected chi connectivity index (χ3v) is 5.34. The van der Waals surface area contributed by atoms with E-state index in [0.29, 0.717) is 6.42 Å². The Balaban J connectivity index is 1.52. The standard InChI is InChI=1S/C18H23N3OS/c1-21(2)14-9-7-13(8-10-14)19-17(22)11-12-18-20-15-5-3-4-6-16(15)23-18/h7-10H,3-6,11-12H2,1-2H3,(H,19,22). The summed E-state index contributed by atoms with van der Waals surface area (Å²) in [6.07, 6.45) is 6.02. The van der Waals surface area contributed by atoms with Gasteiger partial charge in [-0.1, -0.05) is 0 Å². The molecular formula is C18H23N3OS. The Morgan fingerprint density at radius 2 is 1.96 bits per heavy atom. The molecule has 3 rings (SSSR count). The fourth-order valence-electron chi connectivity index (χ4n) is 2.80. The van der Waals surface area contributed by atoms with Gasteiger partial charge in [0.15, 0.2) is 0 Å². The predicted molar refractivity (Wildman–Crippen MR) is 96.5 cm³/mol. The van der Waals surface area contributed by atoms with E-state index in [1.54, 1.807) is 11.3 Å². The lowest BCUT2D eigenvalue weighted by atomic mass is 10.0. The Bertz CT molecular complexity index is 653. The SMILES string of the molecule is CN(C)c1ccc(NC(=O)CCc2nc3c(s2)CCCC3)cc1. The van der Waals surface area contributed by atoms with E-state index in [0.717, 1.165) is 35.6 Å². The van der Waals surface area contributed by atoms with Crippen molar-refractivity contribution in [2.24, 2.45) is 0 Å². The minimum absolute atomic E-state index is 0.0516. The van der Waals surface area contributed by atoms with Gasteiger partial charge in [-0.2, -0.15) is 0 Å². The second kappa shape index (κ2) is 7.13. The van der Waals surface area contributed by atoms with Gasteiger partial charge in [0.25, 0.3) is 0 Å². The van der Waals surface area contributed by atoms with E-state index in [-0.39, 0.29) is 5.91 Å². The van der Waals surface area contributed by atoms with E-state index in [4.69, 9.17) is 4.98 Å². The van der Waals surface area contributed by atoms with Gasteiger partial charge >= 0.3 is 0 Å². The second-order valence-electron chi connectivity index (χ2n) is 6.17. The Morgan fingerprint density at radius 3 is 2.65 bits per heavy atom. The molecule has 0 saturated carbocycles. The summed E-state index contributed by atoms with van der Waals surface area (Å²) >= 11 is 1.79. The Kier molecular flexibility index (Phi) is 4.96. The zero-order valence-electron chi connectivity index (χ0n) is 13.8. The van der Waals surface area contributed by atoms with Crippen LogP contribution in [-0.2, 0) is 24.1 Å². The van der Waals surface area contributed by atoms with Gasteiger partial charge in [0.05, 0.1) is 10.7 Å². The van der Waals surface area contributed by atoms with E-state index in [2.05, 4.69) is 5.32 Å². The molecule has 1 amide bonds. The molecule has 5 heteroatoms. The van der Waals surface area contributed by atoms with Gasteiger partial charge < -0.3 is 10.2 Å². The monoisotopic (exact) mass is 329 g/mol. The average molecular weight is 329 g/mol. The molecular weight excluding hydrogens is 306 g/mol. The minimum Gasteiger partial charge on any atom is -0.378 e. The number of benzene rings is 1. The quantitative estimate of drug-likeness (QED) is 0.910. The largest absolute Gasteiger partial charge is 0.378 e. The summed E-state index contributed by atoms with van der Waals surface area (Å²) in [5.74, 6) is 0.0516. The number of aryl methyl sites for hydroxylation is 3. The molecule has 1 aliphatic carbocycles. The van der Waals surface area contributed by atoms with Gasteiger partial charge in [0.2, 0.25) is 5.91 Å². The van der Waals surface area contributed by atoms with Crippen LogP contribution < -0.4 is 10.2 Å². The first-order valence-corrected chi connectivity index (χ1v) is 8.98. The van der Waals surface area contributed by atoms with E-state index >= 15 is 0 Å². The van der Waals surface area contributed by atoms with Crippen LogP contribution in [0.25, 0.3) is 0 Å². The zero-order chi connectivity index (χ0) is 16.2. The molecule has 1 heterocycles. The highest BCUT2D eigenvalue weighted by molar-refractivity contribution is 7.11. The van der Waals surface area contributed by atoms with Crippen molar-refractivity contribution in [3.8, 4) is 0 Å². The first-order chi connectivity index (χ1) is 11.1. The number of carbonyl (C=O) groups is 1. The van der Waals surface area contributed by atoms with Crippen LogP contribution in [0.1, 0.15) is 34.8 Å². The molecule has 0 spiro atoms. The van der Waals surface area contributed by atoms with Crippen LogP contribution in [0.5, 0.6) is 0 Å². The topological polar surface area (TPSA) is 45.2 Å². The van der Waals surface area contributed by atoms with Gasteiger partial charge in [-0.3, -0.25) is 4.79 Å². The van der Waals surface area contributed by atoms with Crippen LogP contribution >= 0.6 is 11.3 Å². The molecule has 122 valence electrons. The molecule has 0 radical (unpaired) electrons. The van der Waals surface area contributed by atoms with Crippen molar-refractivity contribution < 1.29 is 4.79 Å². The minimum atomic E-state index is 0.0516. The van der Waals surface area contributed by atoms with Crippen LogP contribution in [0.15, 0.2) is 24.3 Å². The fraction of sp³-hybridized carbons (Fsp3) is 0.444. The summed E-state index contributed by atoms with van der Waals surface area (Å²) in [7, 11) is 4.00. The second-order valence-corrected chi connectivity index (χ2v) is 7.34. The van der Waals surface area contributed by atoms with Crippen LogP contribution in [-0.4, -0.2) is 25.0 Å². The molecule has 1 aromatic heterocycles. The summed E-state index contributed by atoms with van der Waals surface area (Å²) in [4.78, 5) is 20.3. The lowest BCUT2D eigenvalue weighted by molar-refractivity contribution is -0.116. The number of carbonyl (C=O) groups excluding carboxylic acids is 1. The van der Waals surface area contributed by atoms with Crippen LogP contribution in [0.3, 0.4) is 0 Å². The number of nitrogens with one attached hydrogen (secondary N) is 1. The van der Waals surface area contributed by atoms with E-state index in [1.165, 1.54) is 23.4 Å². The molecule has 0 aliphatic heterocycles. The molecule has 0 fully saturated rings. The molecule has 0 bridgehead atoms. The van der Waals surface area contributed by atoms with E-state index in [1.807, 2.05) is 43.3 Å². The lowest BCUT2D eigenvalue weighted by Gasteiger charge is -2.13. The van der Waals surface area contributed by atoms with Gasteiger partial charge in [0.1, 0.15) is 0 Å². The van der Waals surface area contributed by atoms with E-state index in [9.17, 15) is 4.79 Å². The highest BCUT2D eigenvalue weighted by atomic mass is 32.1. The average Bonchev–Trinajstić information content (AvgIpc) is 2.96. The maximum Gasteiger partial charge on any atom is 0.224 e. The summed E-state index contributed by atoms with van der Waals surface area (Å²) in [6.45, 7) is 0. The van der Waals surface area contributed by atoms with Crippen molar-refractivity contribution in [3.05, 3.63) is 39.8 Å². The molecule has 23 heavy (non-hydrogen) atoms. The number of aromatic nitrogens is 1. The number of nitrogens with zero attached hydrogens (tertiary/aromatic N) is 2. The predicted octanol–water partition coefficient (Wildman–Crippen LogP) is 3.66. The third-order valence-electron chi connectivity index (χ3n) is 4.12. The maximum atomic E-state index is 12.1. The Labute approximate surface area is 141 Å². The Morgan fingerprint density at radius 1 is 1.22 bits per heavy atom. The fourth-order valence-corrected chi connectivity index (χ4v) is 3.96. The van der Waals surface area contributed by atoms with Crippen LogP contribution in [0, 0.1) is 0 Å². The molecule has 0 saturated heterocycles. The molecule has 2 aromatic rings. The first kappa shape index (κ1) is 16.0. The van der Waals surface area contributed by atoms with Crippen molar-refractivity contribution in [2.45, 2.75) is 38.5 Å². The molecule has 1 aromatic carbocycles. The summed E-state index contributed by atoms with van der Waals surface area (Å²) in [5.41, 5.74) is 3.24. The van der Waals surface area contributed by atoms with Gasteiger partial charge in [0, 0.05) is 43.2 Å².